The van der Waals surface area contributed by atoms with Gasteiger partial charge in [0, 0.05) is 17.1 Å². The molecule has 0 aliphatic heterocycles. The average molecular weight is 378 g/mol. The van der Waals surface area contributed by atoms with Gasteiger partial charge < -0.3 is 4.90 Å². The monoisotopic (exact) mass is 377 g/mol. The summed E-state index contributed by atoms with van der Waals surface area (Å²) in [5, 5.41) is 0. The molecular formula is C28H27N. The smallest absolute Gasteiger partial charge is 0.0462 e. The zero-order valence-corrected chi connectivity index (χ0v) is 17.3. The van der Waals surface area contributed by atoms with Gasteiger partial charge in [0.15, 0.2) is 0 Å². The van der Waals surface area contributed by atoms with Crippen molar-refractivity contribution in [2.45, 2.75) is 26.2 Å². The Kier molecular flexibility index (Phi) is 5.22. The van der Waals surface area contributed by atoms with E-state index in [9.17, 15) is 0 Å². The summed E-state index contributed by atoms with van der Waals surface area (Å²) in [6, 6.07) is 38.8. The molecular weight excluding hydrogens is 350 g/mol. The minimum absolute atomic E-state index is 0.146. The fraction of sp³-hybridized carbons (Fsp3) is 0.143. The predicted octanol–water partition coefficient (Wildman–Crippen LogP) is 8.12. The standard InChI is InChI=1S/C28H27N/c1-28(2,3)24-16-20-27(21-17-24)29(25-12-8-5-9-13-25)26-18-14-23(15-19-26)22-10-6-4-7-11-22/h4-21H,1-3H3. The van der Waals surface area contributed by atoms with Gasteiger partial charge in [0.1, 0.15) is 0 Å². The zero-order chi connectivity index (χ0) is 20.3. The van der Waals surface area contributed by atoms with E-state index >= 15 is 0 Å². The molecule has 0 spiro atoms. The van der Waals surface area contributed by atoms with Crippen LogP contribution in [0.15, 0.2) is 109 Å². The molecule has 1 heteroatoms. The molecule has 4 aromatic carbocycles. The van der Waals surface area contributed by atoms with E-state index in [4.69, 9.17) is 0 Å². The van der Waals surface area contributed by atoms with Crippen molar-refractivity contribution in [1.29, 1.82) is 0 Å². The molecule has 1 nitrogen and oxygen atoms in total. The largest absolute Gasteiger partial charge is 0.311 e. The lowest BCUT2D eigenvalue weighted by atomic mass is 9.87. The molecule has 0 radical (unpaired) electrons. The highest BCUT2D eigenvalue weighted by molar-refractivity contribution is 5.78. The number of rotatable bonds is 4. The van der Waals surface area contributed by atoms with E-state index in [0.717, 1.165) is 17.1 Å². The SMILES string of the molecule is CC(C)(C)c1ccc(N(c2ccccc2)c2ccc(-c3ccccc3)cc2)cc1. The zero-order valence-electron chi connectivity index (χ0n) is 17.3. The quantitative estimate of drug-likeness (QED) is 0.347. The Morgan fingerprint density at radius 3 is 1.38 bits per heavy atom. The van der Waals surface area contributed by atoms with Gasteiger partial charge in [-0.05, 0) is 58.5 Å². The second kappa shape index (κ2) is 7.97. The second-order valence-electron chi connectivity index (χ2n) is 8.38. The molecule has 0 aliphatic rings. The summed E-state index contributed by atoms with van der Waals surface area (Å²) >= 11 is 0. The maximum atomic E-state index is 2.31. The average Bonchev–Trinajstić information content (AvgIpc) is 2.76. The molecule has 0 fully saturated rings. The Bertz CT molecular complexity index is 1040. The molecule has 0 saturated heterocycles. The Balaban J connectivity index is 1.74. The van der Waals surface area contributed by atoms with Crippen molar-refractivity contribution in [3.63, 3.8) is 0 Å². The van der Waals surface area contributed by atoms with Gasteiger partial charge >= 0.3 is 0 Å². The molecule has 4 rings (SSSR count). The number of hydrogen-bond acceptors (Lipinski definition) is 1. The molecule has 0 atom stereocenters. The second-order valence-corrected chi connectivity index (χ2v) is 8.38. The molecule has 4 aromatic rings. The van der Waals surface area contributed by atoms with E-state index < -0.39 is 0 Å². The highest BCUT2D eigenvalue weighted by Crippen LogP contribution is 2.36. The number of hydrogen-bond donors (Lipinski definition) is 0. The Labute approximate surface area is 174 Å². The van der Waals surface area contributed by atoms with Crippen LogP contribution >= 0.6 is 0 Å². The van der Waals surface area contributed by atoms with Crippen LogP contribution in [0.5, 0.6) is 0 Å². The Morgan fingerprint density at radius 1 is 0.448 bits per heavy atom. The van der Waals surface area contributed by atoms with E-state index in [-0.39, 0.29) is 5.41 Å². The Morgan fingerprint density at radius 2 is 0.862 bits per heavy atom. The van der Waals surface area contributed by atoms with Gasteiger partial charge in [-0.25, -0.2) is 0 Å². The predicted molar refractivity (Wildman–Crippen MR) is 125 cm³/mol. The first-order chi connectivity index (χ1) is 14.0. The Hall–Kier alpha value is -3.32. The van der Waals surface area contributed by atoms with Crippen LogP contribution in [0.2, 0.25) is 0 Å². The topological polar surface area (TPSA) is 3.24 Å². The van der Waals surface area contributed by atoms with Gasteiger partial charge in [-0.15, -0.1) is 0 Å². The van der Waals surface area contributed by atoms with Gasteiger partial charge in [-0.1, -0.05) is 93.6 Å². The summed E-state index contributed by atoms with van der Waals surface area (Å²) in [7, 11) is 0. The molecule has 0 unspecified atom stereocenters. The van der Waals surface area contributed by atoms with Crippen LogP contribution in [0.25, 0.3) is 11.1 Å². The summed E-state index contributed by atoms with van der Waals surface area (Å²) < 4.78 is 0. The number of anilines is 3. The van der Waals surface area contributed by atoms with Crippen LogP contribution in [-0.2, 0) is 5.41 Å². The molecule has 0 heterocycles. The molecule has 29 heavy (non-hydrogen) atoms. The van der Waals surface area contributed by atoms with E-state index in [1.807, 2.05) is 0 Å². The lowest BCUT2D eigenvalue weighted by Gasteiger charge is -2.27. The summed E-state index contributed by atoms with van der Waals surface area (Å²) in [5.41, 5.74) is 7.42. The van der Waals surface area contributed by atoms with Crippen LogP contribution < -0.4 is 4.90 Å². The van der Waals surface area contributed by atoms with Gasteiger partial charge in [-0.2, -0.15) is 0 Å². The van der Waals surface area contributed by atoms with Crippen molar-refractivity contribution in [2.75, 3.05) is 4.90 Å². The molecule has 0 bridgehead atoms. The summed E-state index contributed by atoms with van der Waals surface area (Å²) in [6.07, 6.45) is 0. The van der Waals surface area contributed by atoms with Crippen molar-refractivity contribution in [2.24, 2.45) is 0 Å². The summed E-state index contributed by atoms with van der Waals surface area (Å²) in [4.78, 5) is 2.31. The normalized spacial score (nSPS) is 11.3. The molecule has 0 amide bonds. The third-order valence-corrected chi connectivity index (χ3v) is 5.24. The molecule has 144 valence electrons. The van der Waals surface area contributed by atoms with E-state index in [0.29, 0.717) is 0 Å². The summed E-state index contributed by atoms with van der Waals surface area (Å²) in [5.74, 6) is 0. The van der Waals surface area contributed by atoms with Gasteiger partial charge in [0.2, 0.25) is 0 Å². The van der Waals surface area contributed by atoms with Crippen LogP contribution in [0.1, 0.15) is 26.3 Å². The first-order valence-electron chi connectivity index (χ1n) is 10.1. The van der Waals surface area contributed by atoms with E-state index in [1.165, 1.54) is 16.7 Å². The molecule has 0 saturated carbocycles. The van der Waals surface area contributed by atoms with Gasteiger partial charge in [0.25, 0.3) is 0 Å². The van der Waals surface area contributed by atoms with Crippen molar-refractivity contribution in [3.8, 4) is 11.1 Å². The third-order valence-electron chi connectivity index (χ3n) is 5.24. The van der Waals surface area contributed by atoms with Crippen molar-refractivity contribution >= 4 is 17.1 Å². The van der Waals surface area contributed by atoms with Crippen LogP contribution in [-0.4, -0.2) is 0 Å². The van der Waals surface area contributed by atoms with Crippen LogP contribution in [0, 0.1) is 0 Å². The minimum atomic E-state index is 0.146. The number of para-hydroxylation sites is 1. The first kappa shape index (κ1) is 19.0. The van der Waals surface area contributed by atoms with Crippen molar-refractivity contribution < 1.29 is 0 Å². The number of benzene rings is 4. The van der Waals surface area contributed by atoms with Gasteiger partial charge in [0.05, 0.1) is 0 Å². The minimum Gasteiger partial charge on any atom is -0.311 e. The molecule has 0 N–H and O–H groups in total. The maximum Gasteiger partial charge on any atom is 0.0462 e. The fourth-order valence-electron chi connectivity index (χ4n) is 3.57. The van der Waals surface area contributed by atoms with E-state index in [1.54, 1.807) is 0 Å². The lowest BCUT2D eigenvalue weighted by Crippen LogP contribution is -2.13. The van der Waals surface area contributed by atoms with E-state index in [2.05, 4.69) is 135 Å². The van der Waals surface area contributed by atoms with Crippen LogP contribution in [0.4, 0.5) is 17.1 Å². The fourth-order valence-corrected chi connectivity index (χ4v) is 3.57. The highest BCUT2D eigenvalue weighted by atomic mass is 15.1. The van der Waals surface area contributed by atoms with Crippen molar-refractivity contribution in [3.05, 3.63) is 115 Å². The third kappa shape index (κ3) is 4.25. The first-order valence-corrected chi connectivity index (χ1v) is 10.1. The summed E-state index contributed by atoms with van der Waals surface area (Å²) in [6.45, 7) is 6.75. The van der Waals surface area contributed by atoms with Crippen LogP contribution in [0.3, 0.4) is 0 Å². The number of nitrogens with zero attached hydrogens (tertiary/aromatic N) is 1. The lowest BCUT2D eigenvalue weighted by molar-refractivity contribution is 0.590. The molecule has 0 aliphatic carbocycles. The highest BCUT2D eigenvalue weighted by Gasteiger charge is 2.16. The van der Waals surface area contributed by atoms with Gasteiger partial charge in [-0.3, -0.25) is 0 Å². The molecule has 0 aromatic heterocycles. The van der Waals surface area contributed by atoms with Crippen molar-refractivity contribution in [1.82, 2.24) is 0 Å². The maximum absolute atomic E-state index is 2.31.